The molecule has 1 aliphatic heterocycles. The number of ether oxygens (including phenoxy) is 1. The van der Waals surface area contributed by atoms with Gasteiger partial charge in [-0.25, -0.2) is 0 Å². The molecule has 3 atom stereocenters. The van der Waals surface area contributed by atoms with E-state index in [0.29, 0.717) is 18.1 Å². The van der Waals surface area contributed by atoms with Crippen LogP contribution in [0.1, 0.15) is 31.4 Å². The molecule has 0 aromatic heterocycles. The Morgan fingerprint density at radius 3 is 2.80 bits per heavy atom. The van der Waals surface area contributed by atoms with Crippen molar-refractivity contribution in [1.82, 2.24) is 10.6 Å². The Bertz CT molecular complexity index is 402. The topological polar surface area (TPSA) is 33.3 Å². The van der Waals surface area contributed by atoms with Crippen molar-refractivity contribution < 1.29 is 4.74 Å². The summed E-state index contributed by atoms with van der Waals surface area (Å²) in [6.45, 7) is 9.41. The smallest absolute Gasteiger partial charge is 0.0620 e. The van der Waals surface area contributed by atoms with E-state index in [2.05, 4.69) is 55.7 Å². The van der Waals surface area contributed by atoms with Gasteiger partial charge in [-0.2, -0.15) is 0 Å². The van der Waals surface area contributed by atoms with Gasteiger partial charge < -0.3 is 15.4 Å². The number of hydrogen-bond donors (Lipinski definition) is 2. The monoisotopic (exact) mass is 276 g/mol. The summed E-state index contributed by atoms with van der Waals surface area (Å²) in [7, 11) is 0. The van der Waals surface area contributed by atoms with Crippen LogP contribution in [-0.2, 0) is 11.2 Å². The summed E-state index contributed by atoms with van der Waals surface area (Å²) < 4.78 is 5.51. The highest BCUT2D eigenvalue weighted by Crippen LogP contribution is 2.11. The van der Waals surface area contributed by atoms with E-state index in [9.17, 15) is 0 Å². The number of benzene rings is 1. The van der Waals surface area contributed by atoms with Gasteiger partial charge in [-0.3, -0.25) is 0 Å². The van der Waals surface area contributed by atoms with Gasteiger partial charge in [-0.05, 0) is 44.7 Å². The maximum absolute atomic E-state index is 5.51. The lowest BCUT2D eigenvalue weighted by Gasteiger charge is -2.28. The summed E-state index contributed by atoms with van der Waals surface area (Å²) in [5.74, 6) is 0. The molecule has 1 fully saturated rings. The predicted molar refractivity (Wildman–Crippen MR) is 84.2 cm³/mol. The zero-order valence-electron chi connectivity index (χ0n) is 13.0. The Hall–Kier alpha value is -0.900. The summed E-state index contributed by atoms with van der Waals surface area (Å²) in [6, 6.07) is 10.2. The molecule has 0 radical (unpaired) electrons. The second kappa shape index (κ2) is 7.77. The third-order valence-corrected chi connectivity index (χ3v) is 3.99. The lowest BCUT2D eigenvalue weighted by Crippen LogP contribution is -2.46. The van der Waals surface area contributed by atoms with Crippen LogP contribution in [0.2, 0.25) is 0 Å². The fourth-order valence-corrected chi connectivity index (χ4v) is 2.98. The molecule has 112 valence electrons. The Kier molecular flexibility index (Phi) is 6.02. The molecule has 0 amide bonds. The molecule has 0 spiro atoms. The average Bonchev–Trinajstić information content (AvgIpc) is 2.42. The van der Waals surface area contributed by atoms with E-state index >= 15 is 0 Å². The van der Waals surface area contributed by atoms with E-state index in [1.807, 2.05) is 0 Å². The van der Waals surface area contributed by atoms with Crippen molar-refractivity contribution in [1.29, 1.82) is 0 Å². The largest absolute Gasteiger partial charge is 0.379 e. The molecule has 1 aliphatic rings. The van der Waals surface area contributed by atoms with Crippen LogP contribution >= 0.6 is 0 Å². The summed E-state index contributed by atoms with van der Waals surface area (Å²) in [5, 5.41) is 7.22. The van der Waals surface area contributed by atoms with Crippen molar-refractivity contribution in [3.8, 4) is 0 Å². The molecule has 0 aliphatic carbocycles. The highest BCUT2D eigenvalue weighted by molar-refractivity contribution is 5.26. The van der Waals surface area contributed by atoms with Gasteiger partial charge in [-0.1, -0.05) is 24.3 Å². The minimum absolute atomic E-state index is 0.496. The van der Waals surface area contributed by atoms with Gasteiger partial charge in [0.15, 0.2) is 0 Å². The quantitative estimate of drug-likeness (QED) is 0.836. The Balaban J connectivity index is 1.75. The van der Waals surface area contributed by atoms with Crippen LogP contribution < -0.4 is 10.6 Å². The van der Waals surface area contributed by atoms with E-state index in [0.717, 1.165) is 32.6 Å². The minimum Gasteiger partial charge on any atom is -0.379 e. The zero-order valence-corrected chi connectivity index (χ0v) is 13.0. The Morgan fingerprint density at radius 2 is 2.10 bits per heavy atom. The number of morpholine rings is 1. The Labute approximate surface area is 123 Å². The second-order valence-corrected chi connectivity index (χ2v) is 6.06. The first-order valence-corrected chi connectivity index (χ1v) is 7.77. The standard InChI is InChI=1S/C17H28N2O/c1-13-6-4-5-7-16(13)10-14(2)19-15(3)11-17-12-20-9-8-18-17/h4-7,14-15,17-19H,8-12H2,1-3H3. The molecule has 1 aromatic rings. The number of nitrogens with one attached hydrogen (secondary N) is 2. The van der Waals surface area contributed by atoms with Gasteiger partial charge in [-0.15, -0.1) is 0 Å². The first-order chi connectivity index (χ1) is 9.65. The van der Waals surface area contributed by atoms with E-state index in [1.54, 1.807) is 0 Å². The lowest BCUT2D eigenvalue weighted by molar-refractivity contribution is 0.0708. The van der Waals surface area contributed by atoms with Crippen LogP contribution in [0.5, 0.6) is 0 Å². The van der Waals surface area contributed by atoms with E-state index in [1.165, 1.54) is 11.1 Å². The molecule has 0 saturated carbocycles. The van der Waals surface area contributed by atoms with Crippen LogP contribution in [0.3, 0.4) is 0 Å². The molecule has 1 heterocycles. The summed E-state index contributed by atoms with van der Waals surface area (Å²) >= 11 is 0. The number of aryl methyl sites for hydroxylation is 1. The molecule has 2 N–H and O–H groups in total. The summed E-state index contributed by atoms with van der Waals surface area (Å²) in [5.41, 5.74) is 2.83. The Morgan fingerprint density at radius 1 is 1.30 bits per heavy atom. The number of hydrogen-bond acceptors (Lipinski definition) is 3. The molecule has 3 unspecified atom stereocenters. The van der Waals surface area contributed by atoms with Crippen molar-refractivity contribution in [3.63, 3.8) is 0 Å². The van der Waals surface area contributed by atoms with Gasteiger partial charge in [0.1, 0.15) is 0 Å². The normalized spacial score (nSPS) is 22.4. The second-order valence-electron chi connectivity index (χ2n) is 6.06. The van der Waals surface area contributed by atoms with Gasteiger partial charge in [0.05, 0.1) is 13.2 Å². The molecular formula is C17H28N2O. The van der Waals surface area contributed by atoms with Crippen LogP contribution in [0.4, 0.5) is 0 Å². The summed E-state index contributed by atoms with van der Waals surface area (Å²) in [4.78, 5) is 0. The van der Waals surface area contributed by atoms with Crippen LogP contribution in [-0.4, -0.2) is 37.9 Å². The van der Waals surface area contributed by atoms with Crippen molar-refractivity contribution in [2.75, 3.05) is 19.8 Å². The molecule has 1 saturated heterocycles. The van der Waals surface area contributed by atoms with Crippen molar-refractivity contribution in [2.24, 2.45) is 0 Å². The lowest BCUT2D eigenvalue weighted by atomic mass is 10.0. The first-order valence-electron chi connectivity index (χ1n) is 7.77. The third kappa shape index (κ3) is 4.89. The molecule has 3 nitrogen and oxygen atoms in total. The van der Waals surface area contributed by atoms with Gasteiger partial charge >= 0.3 is 0 Å². The van der Waals surface area contributed by atoms with E-state index in [-0.39, 0.29) is 0 Å². The SMILES string of the molecule is Cc1ccccc1CC(C)NC(C)CC1COCCN1. The molecule has 20 heavy (non-hydrogen) atoms. The summed E-state index contributed by atoms with van der Waals surface area (Å²) in [6.07, 6.45) is 2.21. The van der Waals surface area contributed by atoms with Gasteiger partial charge in [0, 0.05) is 24.7 Å². The molecule has 1 aromatic carbocycles. The van der Waals surface area contributed by atoms with Crippen LogP contribution in [0, 0.1) is 6.92 Å². The van der Waals surface area contributed by atoms with Crippen molar-refractivity contribution >= 4 is 0 Å². The fraction of sp³-hybridized carbons (Fsp3) is 0.647. The first kappa shape index (κ1) is 15.5. The average molecular weight is 276 g/mol. The highest BCUT2D eigenvalue weighted by Gasteiger charge is 2.17. The highest BCUT2D eigenvalue weighted by atomic mass is 16.5. The van der Waals surface area contributed by atoms with Gasteiger partial charge in [0.25, 0.3) is 0 Å². The van der Waals surface area contributed by atoms with Crippen LogP contribution in [0.25, 0.3) is 0 Å². The minimum atomic E-state index is 0.496. The van der Waals surface area contributed by atoms with Gasteiger partial charge in [0.2, 0.25) is 0 Å². The molecular weight excluding hydrogens is 248 g/mol. The number of rotatable bonds is 6. The zero-order chi connectivity index (χ0) is 14.4. The maximum atomic E-state index is 5.51. The third-order valence-electron chi connectivity index (χ3n) is 3.99. The maximum Gasteiger partial charge on any atom is 0.0620 e. The van der Waals surface area contributed by atoms with Crippen molar-refractivity contribution in [3.05, 3.63) is 35.4 Å². The molecule has 2 rings (SSSR count). The van der Waals surface area contributed by atoms with E-state index in [4.69, 9.17) is 4.74 Å². The molecule has 0 bridgehead atoms. The van der Waals surface area contributed by atoms with Crippen molar-refractivity contribution in [2.45, 2.75) is 51.7 Å². The van der Waals surface area contributed by atoms with Crippen LogP contribution in [0.15, 0.2) is 24.3 Å². The van der Waals surface area contributed by atoms with E-state index < -0.39 is 0 Å². The fourth-order valence-electron chi connectivity index (χ4n) is 2.98. The molecule has 3 heteroatoms. The predicted octanol–water partition coefficient (Wildman–Crippen LogP) is 2.28.